The van der Waals surface area contributed by atoms with Gasteiger partial charge in [-0.1, -0.05) is 127 Å². The predicted molar refractivity (Wildman–Crippen MR) is 214 cm³/mol. The Morgan fingerprint density at radius 1 is 0.200 bits per heavy atom. The van der Waals surface area contributed by atoms with Crippen LogP contribution in [0, 0.1) is 0 Å². The molecule has 0 fully saturated rings. The molecule has 0 amide bonds. The Kier molecular flexibility index (Phi) is 7.53. The molecule has 0 spiro atoms. The van der Waals surface area contributed by atoms with Crippen LogP contribution in [-0.4, -0.2) is 0 Å². The van der Waals surface area contributed by atoms with E-state index in [2.05, 4.69) is 216 Å². The summed E-state index contributed by atoms with van der Waals surface area (Å²) in [5.41, 5.74) is 9.17. The third-order valence-corrected chi connectivity index (χ3v) is 9.55. The zero-order chi connectivity index (χ0) is 33.3. The minimum Gasteiger partial charge on any atom is -0.310 e. The Balaban J connectivity index is 1.05. The Bertz CT molecular complexity index is 2590. The van der Waals surface area contributed by atoms with Gasteiger partial charge in [0, 0.05) is 34.1 Å². The highest BCUT2D eigenvalue weighted by molar-refractivity contribution is 5.94. The van der Waals surface area contributed by atoms with Crippen LogP contribution in [0.4, 0.5) is 34.1 Å². The lowest BCUT2D eigenvalue weighted by Gasteiger charge is -2.26. The minimum absolute atomic E-state index is 1.12. The minimum atomic E-state index is 1.12. The fourth-order valence-corrected chi connectivity index (χ4v) is 7.03. The lowest BCUT2D eigenvalue weighted by molar-refractivity contribution is 1.29. The van der Waals surface area contributed by atoms with E-state index in [1.165, 1.54) is 43.4 Å². The topological polar surface area (TPSA) is 6.48 Å². The summed E-state index contributed by atoms with van der Waals surface area (Å²) < 4.78 is 0. The van der Waals surface area contributed by atoms with E-state index in [1.807, 2.05) is 0 Å². The average Bonchev–Trinajstić information content (AvgIpc) is 3.19. The van der Waals surface area contributed by atoms with Crippen LogP contribution in [0.25, 0.3) is 43.4 Å². The van der Waals surface area contributed by atoms with E-state index < -0.39 is 0 Å². The van der Waals surface area contributed by atoms with Crippen molar-refractivity contribution in [1.29, 1.82) is 0 Å². The zero-order valence-corrected chi connectivity index (χ0v) is 27.5. The molecular formula is C48H34N2. The van der Waals surface area contributed by atoms with Gasteiger partial charge in [0.2, 0.25) is 0 Å². The highest BCUT2D eigenvalue weighted by atomic mass is 15.1. The van der Waals surface area contributed by atoms with Gasteiger partial charge in [0.25, 0.3) is 0 Å². The van der Waals surface area contributed by atoms with Gasteiger partial charge in [-0.3, -0.25) is 0 Å². The SMILES string of the molecule is c1ccc(N(c2ccc(-c3ccc4cc(N(c5ccccc5)c5ccc6ccccc6c5)ccc4c3)cc2)c2ccc3ccccc3c2)cc1. The fourth-order valence-electron chi connectivity index (χ4n) is 7.03. The summed E-state index contributed by atoms with van der Waals surface area (Å²) in [7, 11) is 0. The van der Waals surface area contributed by atoms with Gasteiger partial charge in [-0.05, 0) is 122 Å². The molecule has 0 aromatic heterocycles. The van der Waals surface area contributed by atoms with Gasteiger partial charge in [-0.2, -0.15) is 0 Å². The summed E-state index contributed by atoms with van der Waals surface area (Å²) in [5, 5.41) is 7.35. The van der Waals surface area contributed by atoms with Gasteiger partial charge in [0.05, 0.1) is 0 Å². The molecule has 0 bridgehead atoms. The molecule has 9 aromatic rings. The Labute approximate surface area is 292 Å². The van der Waals surface area contributed by atoms with Gasteiger partial charge >= 0.3 is 0 Å². The third-order valence-electron chi connectivity index (χ3n) is 9.55. The molecule has 0 aliphatic rings. The van der Waals surface area contributed by atoms with Crippen molar-refractivity contribution in [2.45, 2.75) is 0 Å². The van der Waals surface area contributed by atoms with Crippen molar-refractivity contribution in [2.75, 3.05) is 9.80 Å². The van der Waals surface area contributed by atoms with Crippen LogP contribution in [0.2, 0.25) is 0 Å². The molecule has 0 saturated heterocycles. The second kappa shape index (κ2) is 12.8. The molecule has 0 N–H and O–H groups in total. The summed E-state index contributed by atoms with van der Waals surface area (Å²) in [5.74, 6) is 0. The number of para-hydroxylation sites is 2. The molecule has 0 aliphatic heterocycles. The summed E-state index contributed by atoms with van der Waals surface area (Å²) in [6.45, 7) is 0. The molecule has 0 atom stereocenters. The van der Waals surface area contributed by atoms with Crippen molar-refractivity contribution in [2.24, 2.45) is 0 Å². The maximum absolute atomic E-state index is 2.34. The van der Waals surface area contributed by atoms with Gasteiger partial charge in [0.1, 0.15) is 0 Å². The highest BCUT2D eigenvalue weighted by Gasteiger charge is 2.15. The average molecular weight is 639 g/mol. The summed E-state index contributed by atoms with van der Waals surface area (Å²) in [4.78, 5) is 4.67. The second-order valence-electron chi connectivity index (χ2n) is 12.7. The van der Waals surface area contributed by atoms with Crippen molar-refractivity contribution in [3.05, 3.63) is 206 Å². The van der Waals surface area contributed by atoms with Crippen LogP contribution in [0.3, 0.4) is 0 Å². The number of hydrogen-bond donors (Lipinski definition) is 0. The number of hydrogen-bond acceptors (Lipinski definition) is 2. The van der Waals surface area contributed by atoms with Gasteiger partial charge in [-0.15, -0.1) is 0 Å². The number of anilines is 6. The Morgan fingerprint density at radius 3 is 1.04 bits per heavy atom. The van der Waals surface area contributed by atoms with Crippen LogP contribution >= 0.6 is 0 Å². The van der Waals surface area contributed by atoms with Crippen LogP contribution in [-0.2, 0) is 0 Å². The maximum atomic E-state index is 2.34. The van der Waals surface area contributed by atoms with E-state index in [9.17, 15) is 0 Å². The first kappa shape index (κ1) is 29.5. The molecule has 0 saturated carbocycles. The Hall–Kier alpha value is -6.64. The van der Waals surface area contributed by atoms with Crippen molar-refractivity contribution < 1.29 is 0 Å². The van der Waals surface area contributed by atoms with Crippen molar-refractivity contribution in [1.82, 2.24) is 0 Å². The van der Waals surface area contributed by atoms with Crippen molar-refractivity contribution >= 4 is 66.4 Å². The molecule has 2 nitrogen and oxygen atoms in total. The molecule has 2 heteroatoms. The second-order valence-corrected chi connectivity index (χ2v) is 12.7. The zero-order valence-electron chi connectivity index (χ0n) is 27.5. The number of nitrogens with zero attached hydrogens (tertiary/aromatic N) is 2. The molecule has 0 unspecified atom stereocenters. The number of rotatable bonds is 7. The molecule has 0 radical (unpaired) electrons. The molecule has 9 aromatic carbocycles. The van der Waals surface area contributed by atoms with E-state index in [-0.39, 0.29) is 0 Å². The van der Waals surface area contributed by atoms with Crippen LogP contribution in [0.5, 0.6) is 0 Å². The maximum Gasteiger partial charge on any atom is 0.0468 e. The largest absolute Gasteiger partial charge is 0.310 e. The molecule has 9 rings (SSSR count). The first-order valence-electron chi connectivity index (χ1n) is 17.1. The quantitative estimate of drug-likeness (QED) is 0.171. The van der Waals surface area contributed by atoms with Gasteiger partial charge < -0.3 is 9.80 Å². The predicted octanol–water partition coefficient (Wildman–Crippen LogP) is 13.8. The van der Waals surface area contributed by atoms with Crippen LogP contribution < -0.4 is 9.80 Å². The van der Waals surface area contributed by atoms with Crippen LogP contribution in [0.1, 0.15) is 0 Å². The summed E-state index contributed by atoms with van der Waals surface area (Å²) >= 11 is 0. The lowest BCUT2D eigenvalue weighted by Crippen LogP contribution is -2.09. The van der Waals surface area contributed by atoms with E-state index in [1.54, 1.807) is 0 Å². The molecular weight excluding hydrogens is 605 g/mol. The smallest absolute Gasteiger partial charge is 0.0468 e. The van der Waals surface area contributed by atoms with Crippen molar-refractivity contribution in [3.63, 3.8) is 0 Å². The van der Waals surface area contributed by atoms with Crippen LogP contribution in [0.15, 0.2) is 206 Å². The number of benzene rings is 9. The first-order chi connectivity index (χ1) is 24.8. The normalized spacial score (nSPS) is 11.2. The fraction of sp³-hybridized carbons (Fsp3) is 0. The van der Waals surface area contributed by atoms with Crippen molar-refractivity contribution in [3.8, 4) is 11.1 Å². The van der Waals surface area contributed by atoms with E-state index in [0.29, 0.717) is 0 Å². The standard InChI is InChI=1S/C48H34N2/c1-3-15-43(16-4-1)49(46-28-23-35-11-7-9-13-38(35)32-46)45-26-21-37(22-27-45)40-19-20-42-34-48(30-25-41(42)31-40)50(44-17-5-2-6-18-44)47-29-24-36-12-8-10-14-39(36)33-47/h1-34H. The van der Waals surface area contributed by atoms with Gasteiger partial charge in [-0.25, -0.2) is 0 Å². The number of fused-ring (bicyclic) bond motifs is 3. The van der Waals surface area contributed by atoms with E-state index in [0.717, 1.165) is 34.1 Å². The Morgan fingerprint density at radius 2 is 0.520 bits per heavy atom. The molecule has 50 heavy (non-hydrogen) atoms. The molecule has 0 heterocycles. The highest BCUT2D eigenvalue weighted by Crippen LogP contribution is 2.39. The lowest BCUT2D eigenvalue weighted by atomic mass is 10.00. The summed E-state index contributed by atoms with van der Waals surface area (Å²) in [6.07, 6.45) is 0. The van der Waals surface area contributed by atoms with E-state index >= 15 is 0 Å². The first-order valence-corrected chi connectivity index (χ1v) is 17.1. The molecule has 0 aliphatic carbocycles. The summed E-state index contributed by atoms with van der Waals surface area (Å²) in [6, 6.07) is 74.1. The van der Waals surface area contributed by atoms with Gasteiger partial charge in [0.15, 0.2) is 0 Å². The molecule has 236 valence electrons. The monoisotopic (exact) mass is 638 g/mol. The van der Waals surface area contributed by atoms with E-state index in [4.69, 9.17) is 0 Å². The third kappa shape index (κ3) is 5.63.